The van der Waals surface area contributed by atoms with Crippen LogP contribution in [-0.2, 0) is 0 Å². The third-order valence-corrected chi connectivity index (χ3v) is 3.02. The lowest BCUT2D eigenvalue weighted by atomic mass is 10.3. The van der Waals surface area contributed by atoms with Gasteiger partial charge in [-0.25, -0.2) is 8.78 Å². The number of aliphatic hydroxyl groups is 1. The molecule has 1 aromatic heterocycles. The molecule has 0 bridgehead atoms. The van der Waals surface area contributed by atoms with Gasteiger partial charge in [0.15, 0.2) is 0 Å². The molecule has 100 valence electrons. The Morgan fingerprint density at radius 2 is 2.22 bits per heavy atom. The van der Waals surface area contributed by atoms with Gasteiger partial charge in [0.25, 0.3) is 12.3 Å². The second kappa shape index (κ2) is 6.36. The van der Waals surface area contributed by atoms with Gasteiger partial charge in [0.05, 0.1) is 23.0 Å². The number of aliphatic hydroxyl groups excluding tert-OH is 1. The summed E-state index contributed by atoms with van der Waals surface area (Å²) in [5.74, 6) is -0.748. The van der Waals surface area contributed by atoms with Gasteiger partial charge < -0.3 is 10.0 Å². The smallest absolute Gasteiger partial charge is 0.324 e. The Bertz CT molecular complexity index is 438. The summed E-state index contributed by atoms with van der Waals surface area (Å²) < 4.78 is 24.5. The van der Waals surface area contributed by atoms with Crippen LogP contribution in [0.2, 0.25) is 0 Å². The number of carbonyl (C=O) groups excluding carboxylic acids is 1. The molecule has 0 unspecified atom stereocenters. The number of halogens is 2. The molecular formula is C9H10F2N2O4S. The molecule has 1 aromatic rings. The number of hydrogen-bond acceptors (Lipinski definition) is 5. The number of nitrogens with zero attached hydrogens (tertiary/aromatic N) is 2. The standard InChI is InChI=1S/C9H10F2N2O4S/c10-7(11)5-12(3-4-14)9(15)6-1-2-8(18-6)13(16)17/h1-2,7,14H,3-5H2. The first-order chi connectivity index (χ1) is 8.45. The average molecular weight is 280 g/mol. The molecule has 0 spiro atoms. The summed E-state index contributed by atoms with van der Waals surface area (Å²) in [5.41, 5.74) is 0. The van der Waals surface area contributed by atoms with Crippen LogP contribution in [-0.4, -0.2) is 47.0 Å². The first-order valence-corrected chi connectivity index (χ1v) is 5.70. The van der Waals surface area contributed by atoms with Gasteiger partial charge in [0.1, 0.15) is 0 Å². The van der Waals surface area contributed by atoms with E-state index in [1.807, 2.05) is 0 Å². The monoisotopic (exact) mass is 280 g/mol. The molecule has 0 aliphatic rings. The summed E-state index contributed by atoms with van der Waals surface area (Å²) in [6.07, 6.45) is -2.73. The van der Waals surface area contributed by atoms with Gasteiger partial charge in [0.2, 0.25) is 0 Å². The maximum atomic E-state index is 12.2. The molecule has 0 fully saturated rings. The van der Waals surface area contributed by atoms with Crippen molar-refractivity contribution >= 4 is 22.2 Å². The molecule has 0 aliphatic carbocycles. The first-order valence-electron chi connectivity index (χ1n) is 4.88. The van der Waals surface area contributed by atoms with Crippen LogP contribution < -0.4 is 0 Å². The zero-order valence-corrected chi connectivity index (χ0v) is 9.90. The summed E-state index contributed by atoms with van der Waals surface area (Å²) in [7, 11) is 0. The minimum atomic E-state index is -2.73. The van der Waals surface area contributed by atoms with E-state index in [1.54, 1.807) is 0 Å². The van der Waals surface area contributed by atoms with Gasteiger partial charge in [-0.15, -0.1) is 0 Å². The van der Waals surface area contributed by atoms with E-state index < -0.39 is 30.4 Å². The van der Waals surface area contributed by atoms with Crippen LogP contribution in [0.25, 0.3) is 0 Å². The molecule has 1 heterocycles. The lowest BCUT2D eigenvalue weighted by Gasteiger charge is -2.20. The first kappa shape index (κ1) is 14.5. The topological polar surface area (TPSA) is 83.7 Å². The Kier molecular flexibility index (Phi) is 5.10. The van der Waals surface area contributed by atoms with Crippen molar-refractivity contribution in [3.8, 4) is 0 Å². The van der Waals surface area contributed by atoms with Gasteiger partial charge >= 0.3 is 5.00 Å². The Morgan fingerprint density at radius 3 is 2.67 bits per heavy atom. The molecule has 1 rings (SSSR count). The molecule has 0 aromatic carbocycles. The lowest BCUT2D eigenvalue weighted by Crippen LogP contribution is -2.36. The van der Waals surface area contributed by atoms with Crippen molar-refractivity contribution in [1.29, 1.82) is 0 Å². The second-order valence-electron chi connectivity index (χ2n) is 3.26. The van der Waals surface area contributed by atoms with Crippen LogP contribution in [0, 0.1) is 10.1 Å². The zero-order valence-electron chi connectivity index (χ0n) is 9.08. The van der Waals surface area contributed by atoms with Crippen LogP contribution in [0.15, 0.2) is 12.1 Å². The van der Waals surface area contributed by atoms with Gasteiger partial charge in [-0.2, -0.15) is 0 Å². The highest BCUT2D eigenvalue weighted by Gasteiger charge is 2.22. The summed E-state index contributed by atoms with van der Waals surface area (Å²) in [6.45, 7) is -1.51. The number of alkyl halides is 2. The van der Waals surface area contributed by atoms with Crippen LogP contribution >= 0.6 is 11.3 Å². The maximum Gasteiger partial charge on any atom is 0.324 e. The number of thiophene rings is 1. The number of rotatable bonds is 6. The van der Waals surface area contributed by atoms with E-state index >= 15 is 0 Å². The Hall–Kier alpha value is -1.61. The van der Waals surface area contributed by atoms with E-state index in [-0.39, 0.29) is 16.4 Å². The van der Waals surface area contributed by atoms with E-state index in [0.717, 1.165) is 11.0 Å². The molecule has 0 atom stereocenters. The highest BCUT2D eigenvalue weighted by molar-refractivity contribution is 7.17. The quantitative estimate of drug-likeness (QED) is 0.630. The van der Waals surface area contributed by atoms with E-state index in [4.69, 9.17) is 5.11 Å². The fraction of sp³-hybridized carbons (Fsp3) is 0.444. The molecule has 0 saturated carbocycles. The fourth-order valence-electron chi connectivity index (χ4n) is 1.26. The van der Waals surface area contributed by atoms with Gasteiger partial charge in [-0.1, -0.05) is 11.3 Å². The number of amides is 1. The SMILES string of the molecule is O=C(c1ccc([N+](=O)[O-])s1)N(CCO)CC(F)F. The molecule has 0 aliphatic heterocycles. The van der Waals surface area contributed by atoms with E-state index in [0.29, 0.717) is 11.3 Å². The Balaban J connectivity index is 2.83. The van der Waals surface area contributed by atoms with Crippen molar-refractivity contribution in [2.45, 2.75) is 6.43 Å². The van der Waals surface area contributed by atoms with Crippen LogP contribution in [0.1, 0.15) is 9.67 Å². The Labute approximate surface area is 105 Å². The van der Waals surface area contributed by atoms with Crippen LogP contribution in [0.4, 0.5) is 13.8 Å². The van der Waals surface area contributed by atoms with Crippen molar-refractivity contribution in [1.82, 2.24) is 4.90 Å². The molecule has 0 saturated heterocycles. The number of nitro groups is 1. The van der Waals surface area contributed by atoms with Gasteiger partial charge in [0, 0.05) is 12.6 Å². The maximum absolute atomic E-state index is 12.2. The van der Waals surface area contributed by atoms with Gasteiger partial charge in [-0.3, -0.25) is 14.9 Å². The minimum Gasteiger partial charge on any atom is -0.395 e. The second-order valence-corrected chi connectivity index (χ2v) is 4.32. The summed E-state index contributed by atoms with van der Waals surface area (Å²) in [5, 5.41) is 18.9. The van der Waals surface area contributed by atoms with Crippen LogP contribution in [0.5, 0.6) is 0 Å². The highest BCUT2D eigenvalue weighted by Crippen LogP contribution is 2.25. The largest absolute Gasteiger partial charge is 0.395 e. The molecule has 1 N–H and O–H groups in total. The van der Waals surface area contributed by atoms with Crippen molar-refractivity contribution in [2.75, 3.05) is 19.7 Å². The Morgan fingerprint density at radius 1 is 1.56 bits per heavy atom. The molecule has 1 amide bonds. The summed E-state index contributed by atoms with van der Waals surface area (Å²) in [6, 6.07) is 2.35. The summed E-state index contributed by atoms with van der Waals surface area (Å²) in [4.78, 5) is 22.3. The zero-order chi connectivity index (χ0) is 13.7. The number of hydrogen-bond donors (Lipinski definition) is 1. The molecular weight excluding hydrogens is 270 g/mol. The van der Waals surface area contributed by atoms with Crippen molar-refractivity contribution in [3.63, 3.8) is 0 Å². The number of carbonyl (C=O) groups is 1. The van der Waals surface area contributed by atoms with Crippen LogP contribution in [0.3, 0.4) is 0 Å². The third kappa shape index (κ3) is 3.70. The predicted molar refractivity (Wildman–Crippen MR) is 60.0 cm³/mol. The van der Waals surface area contributed by atoms with Crippen molar-refractivity contribution in [3.05, 3.63) is 27.1 Å². The summed E-state index contributed by atoms with van der Waals surface area (Å²) >= 11 is 0.614. The van der Waals surface area contributed by atoms with Crippen molar-refractivity contribution in [2.24, 2.45) is 0 Å². The average Bonchev–Trinajstić information content (AvgIpc) is 2.76. The van der Waals surface area contributed by atoms with E-state index in [1.165, 1.54) is 6.07 Å². The molecule has 0 radical (unpaired) electrons. The molecule has 9 heteroatoms. The minimum absolute atomic E-state index is 0.00389. The van der Waals surface area contributed by atoms with E-state index in [9.17, 15) is 23.7 Å². The van der Waals surface area contributed by atoms with E-state index in [2.05, 4.69) is 0 Å². The molecule has 18 heavy (non-hydrogen) atoms. The van der Waals surface area contributed by atoms with Gasteiger partial charge in [-0.05, 0) is 6.07 Å². The predicted octanol–water partition coefficient (Wildman–Crippen LogP) is 1.36. The highest BCUT2D eigenvalue weighted by atomic mass is 32.1. The van der Waals surface area contributed by atoms with Crippen molar-refractivity contribution < 1.29 is 23.6 Å². The fourth-order valence-corrected chi connectivity index (χ4v) is 2.05. The third-order valence-electron chi connectivity index (χ3n) is 2.00. The molecule has 6 nitrogen and oxygen atoms in total. The normalized spacial score (nSPS) is 10.7. The lowest BCUT2D eigenvalue weighted by molar-refractivity contribution is -0.380.